The highest BCUT2D eigenvalue weighted by Gasteiger charge is 2.04. The van der Waals surface area contributed by atoms with Crippen LogP contribution in [0.1, 0.15) is 5.56 Å². The molecule has 2 rings (SSSR count). The van der Waals surface area contributed by atoms with E-state index in [-0.39, 0.29) is 0 Å². The number of furan rings is 1. The van der Waals surface area contributed by atoms with Crippen LogP contribution in [0.2, 0.25) is 5.02 Å². The van der Waals surface area contributed by atoms with Gasteiger partial charge in [0.15, 0.2) is 0 Å². The second-order valence-corrected chi connectivity index (χ2v) is 3.38. The first-order valence-electron chi connectivity index (χ1n) is 3.39. The molecule has 0 atom stereocenters. The first kappa shape index (κ1) is 8.08. The van der Waals surface area contributed by atoms with Crippen LogP contribution >= 0.6 is 27.5 Å². The highest BCUT2D eigenvalue weighted by Crippen LogP contribution is 2.24. The Morgan fingerprint density at radius 1 is 1.58 bits per heavy atom. The van der Waals surface area contributed by atoms with Crippen molar-refractivity contribution in [2.24, 2.45) is 0 Å². The van der Waals surface area contributed by atoms with Gasteiger partial charge in [0, 0.05) is 11.5 Å². The highest BCUT2D eigenvalue weighted by molar-refractivity contribution is 9.08. The molecule has 0 bridgehead atoms. The van der Waals surface area contributed by atoms with Gasteiger partial charge in [-0.15, -0.1) is 0 Å². The molecular weight excluding hydrogens is 241 g/mol. The Morgan fingerprint density at radius 2 is 2.42 bits per heavy atom. The summed E-state index contributed by atoms with van der Waals surface area (Å²) in [6.07, 6.45) is 3.26. The van der Waals surface area contributed by atoms with Crippen molar-refractivity contribution in [3.05, 3.63) is 29.1 Å². The zero-order valence-corrected chi connectivity index (χ0v) is 8.39. The molecule has 0 spiro atoms. The summed E-state index contributed by atoms with van der Waals surface area (Å²) in [7, 11) is 0. The van der Waals surface area contributed by atoms with Gasteiger partial charge in [-0.25, -0.2) is 4.98 Å². The average molecular weight is 246 g/mol. The van der Waals surface area contributed by atoms with Gasteiger partial charge >= 0.3 is 0 Å². The summed E-state index contributed by atoms with van der Waals surface area (Å²) in [5.41, 5.74) is 1.68. The second-order valence-electron chi connectivity index (χ2n) is 2.41. The Balaban J connectivity index is 2.71. The summed E-state index contributed by atoms with van der Waals surface area (Å²) in [5, 5.41) is 2.26. The van der Waals surface area contributed by atoms with E-state index in [1.54, 1.807) is 6.20 Å². The van der Waals surface area contributed by atoms with E-state index >= 15 is 0 Å². The second kappa shape index (κ2) is 3.07. The van der Waals surface area contributed by atoms with Crippen LogP contribution in [0.4, 0.5) is 0 Å². The lowest BCUT2D eigenvalue weighted by molar-refractivity contribution is 0.603. The number of alkyl halides is 1. The summed E-state index contributed by atoms with van der Waals surface area (Å²) >= 11 is 9.19. The van der Waals surface area contributed by atoms with E-state index in [2.05, 4.69) is 20.9 Å². The number of rotatable bonds is 1. The van der Waals surface area contributed by atoms with Gasteiger partial charge in [-0.3, -0.25) is 0 Å². The fourth-order valence-corrected chi connectivity index (χ4v) is 1.49. The first-order chi connectivity index (χ1) is 5.81. The maximum atomic E-state index is 5.85. The van der Waals surface area contributed by atoms with Crippen LogP contribution in [0.15, 0.2) is 22.9 Å². The maximum Gasteiger partial charge on any atom is 0.227 e. The molecule has 0 fully saturated rings. The molecule has 2 aromatic rings. The molecule has 2 aromatic heterocycles. The Bertz CT molecular complexity index is 412. The zero-order chi connectivity index (χ0) is 8.55. The van der Waals surface area contributed by atoms with Crippen LogP contribution in [0.25, 0.3) is 11.1 Å². The number of hydrogen-bond acceptors (Lipinski definition) is 2. The SMILES string of the molecule is Clc1coc2ncc(CBr)cc12. The predicted molar refractivity (Wildman–Crippen MR) is 51.7 cm³/mol. The molecule has 0 saturated carbocycles. The summed E-state index contributed by atoms with van der Waals surface area (Å²) < 4.78 is 5.09. The Labute approximate surface area is 82.7 Å². The molecule has 0 radical (unpaired) electrons. The summed E-state index contributed by atoms with van der Waals surface area (Å²) in [6.45, 7) is 0. The fourth-order valence-electron chi connectivity index (χ4n) is 1.00. The first-order valence-corrected chi connectivity index (χ1v) is 4.89. The van der Waals surface area contributed by atoms with Crippen LogP contribution in [0, 0.1) is 0 Å². The molecule has 12 heavy (non-hydrogen) atoms. The van der Waals surface area contributed by atoms with E-state index in [9.17, 15) is 0 Å². The van der Waals surface area contributed by atoms with Crippen molar-refractivity contribution < 1.29 is 4.42 Å². The topological polar surface area (TPSA) is 26.0 Å². The molecule has 0 aliphatic heterocycles. The van der Waals surface area contributed by atoms with E-state index in [0.29, 0.717) is 10.7 Å². The van der Waals surface area contributed by atoms with Gasteiger partial charge in [-0.2, -0.15) is 0 Å². The minimum Gasteiger partial charge on any atom is -0.445 e. The number of aromatic nitrogens is 1. The molecule has 0 aliphatic rings. The largest absolute Gasteiger partial charge is 0.445 e. The molecule has 0 aliphatic carbocycles. The summed E-state index contributed by atoms with van der Waals surface area (Å²) in [4.78, 5) is 4.09. The number of halogens is 2. The molecule has 0 unspecified atom stereocenters. The normalized spacial score (nSPS) is 10.8. The number of nitrogens with zero attached hydrogens (tertiary/aromatic N) is 1. The van der Waals surface area contributed by atoms with Gasteiger partial charge < -0.3 is 4.42 Å². The number of fused-ring (bicyclic) bond motifs is 1. The Hall–Kier alpha value is -0.540. The van der Waals surface area contributed by atoms with E-state index in [1.807, 2.05) is 6.07 Å². The lowest BCUT2D eigenvalue weighted by atomic mass is 10.2. The van der Waals surface area contributed by atoms with Crippen LogP contribution in [0.5, 0.6) is 0 Å². The number of hydrogen-bond donors (Lipinski definition) is 0. The van der Waals surface area contributed by atoms with Crippen molar-refractivity contribution in [1.29, 1.82) is 0 Å². The van der Waals surface area contributed by atoms with Gasteiger partial charge in [-0.1, -0.05) is 27.5 Å². The third-order valence-corrected chi connectivity index (χ3v) is 2.53. The van der Waals surface area contributed by atoms with E-state index < -0.39 is 0 Å². The molecular formula is C8H5BrClNO. The van der Waals surface area contributed by atoms with Crippen LogP contribution in [0.3, 0.4) is 0 Å². The van der Waals surface area contributed by atoms with Crippen molar-refractivity contribution in [2.75, 3.05) is 0 Å². The quantitative estimate of drug-likeness (QED) is 0.721. The molecule has 62 valence electrons. The standard InChI is InChI=1S/C8H5BrClNO/c9-2-5-1-6-7(10)4-12-8(6)11-3-5/h1,3-4H,2H2. The van der Waals surface area contributed by atoms with Crippen molar-refractivity contribution in [3.63, 3.8) is 0 Å². The molecule has 2 nitrogen and oxygen atoms in total. The van der Waals surface area contributed by atoms with E-state index in [1.165, 1.54) is 6.26 Å². The van der Waals surface area contributed by atoms with Crippen molar-refractivity contribution in [3.8, 4) is 0 Å². The third-order valence-electron chi connectivity index (χ3n) is 1.59. The minimum absolute atomic E-state index is 0.588. The van der Waals surface area contributed by atoms with Crippen LogP contribution in [-0.4, -0.2) is 4.98 Å². The smallest absolute Gasteiger partial charge is 0.227 e. The zero-order valence-electron chi connectivity index (χ0n) is 6.05. The van der Waals surface area contributed by atoms with E-state index in [4.69, 9.17) is 16.0 Å². The van der Waals surface area contributed by atoms with Gasteiger partial charge in [0.1, 0.15) is 6.26 Å². The monoisotopic (exact) mass is 245 g/mol. The molecule has 0 saturated heterocycles. The fraction of sp³-hybridized carbons (Fsp3) is 0.125. The Kier molecular flexibility index (Phi) is 2.07. The van der Waals surface area contributed by atoms with Crippen molar-refractivity contribution in [2.45, 2.75) is 5.33 Å². The van der Waals surface area contributed by atoms with Gasteiger partial charge in [-0.05, 0) is 11.6 Å². The summed E-state index contributed by atoms with van der Waals surface area (Å²) in [5.74, 6) is 0. The van der Waals surface area contributed by atoms with Gasteiger partial charge in [0.2, 0.25) is 5.71 Å². The predicted octanol–water partition coefficient (Wildman–Crippen LogP) is 3.38. The minimum atomic E-state index is 0.588. The molecule has 0 aromatic carbocycles. The van der Waals surface area contributed by atoms with Gasteiger partial charge in [0.05, 0.1) is 10.4 Å². The average Bonchev–Trinajstić information content (AvgIpc) is 2.47. The molecule has 0 amide bonds. The lowest BCUT2D eigenvalue weighted by Crippen LogP contribution is -1.79. The van der Waals surface area contributed by atoms with Crippen LogP contribution < -0.4 is 0 Å². The van der Waals surface area contributed by atoms with Crippen LogP contribution in [-0.2, 0) is 5.33 Å². The highest BCUT2D eigenvalue weighted by atomic mass is 79.9. The van der Waals surface area contributed by atoms with Crippen molar-refractivity contribution >= 4 is 38.6 Å². The van der Waals surface area contributed by atoms with E-state index in [0.717, 1.165) is 16.3 Å². The maximum absolute atomic E-state index is 5.85. The summed E-state index contributed by atoms with van der Waals surface area (Å²) in [6, 6.07) is 1.96. The third kappa shape index (κ3) is 1.23. The lowest BCUT2D eigenvalue weighted by Gasteiger charge is -1.92. The van der Waals surface area contributed by atoms with Gasteiger partial charge in [0.25, 0.3) is 0 Å². The molecule has 0 N–H and O–H groups in total. The molecule has 2 heterocycles. The number of pyridine rings is 1. The van der Waals surface area contributed by atoms with Crippen molar-refractivity contribution in [1.82, 2.24) is 4.98 Å². The Morgan fingerprint density at radius 3 is 3.17 bits per heavy atom. The molecule has 4 heteroatoms.